The van der Waals surface area contributed by atoms with Gasteiger partial charge in [0.05, 0.1) is 6.04 Å². The van der Waals surface area contributed by atoms with Crippen LogP contribution in [0.5, 0.6) is 0 Å². The van der Waals surface area contributed by atoms with Gasteiger partial charge < -0.3 is 10.6 Å². The summed E-state index contributed by atoms with van der Waals surface area (Å²) in [6.07, 6.45) is 0.521. The largest absolute Gasteiger partial charge is 0.350 e. The smallest absolute Gasteiger partial charge is 0.221 e. The molecule has 88 valence electrons. The number of amides is 1. The molecule has 1 atom stereocenters. The maximum absolute atomic E-state index is 11.5. The van der Waals surface area contributed by atoms with Crippen LogP contribution in [-0.2, 0) is 4.79 Å². The van der Waals surface area contributed by atoms with E-state index < -0.39 is 0 Å². The highest BCUT2D eigenvalue weighted by atomic mass is 16.1. The molecule has 0 aliphatic rings. The fourth-order valence-electron chi connectivity index (χ4n) is 1.49. The van der Waals surface area contributed by atoms with Crippen LogP contribution in [0.1, 0.15) is 30.5 Å². The number of benzene rings is 1. The minimum absolute atomic E-state index is 0.0740. The topological polar surface area (TPSA) is 41.1 Å². The van der Waals surface area contributed by atoms with Crippen molar-refractivity contribution in [2.45, 2.75) is 26.3 Å². The summed E-state index contributed by atoms with van der Waals surface area (Å²) in [7, 11) is 1.84. The van der Waals surface area contributed by atoms with Gasteiger partial charge in [-0.3, -0.25) is 4.79 Å². The monoisotopic (exact) mass is 220 g/mol. The molecule has 0 radical (unpaired) electrons. The average Bonchev–Trinajstić information content (AvgIpc) is 2.27. The molecule has 0 aliphatic heterocycles. The second-order valence-corrected chi connectivity index (χ2v) is 4.05. The zero-order chi connectivity index (χ0) is 12.0. The fourth-order valence-corrected chi connectivity index (χ4v) is 1.49. The third kappa shape index (κ3) is 4.03. The Labute approximate surface area is 97.2 Å². The highest BCUT2D eigenvalue weighted by molar-refractivity contribution is 5.76. The average molecular weight is 220 g/mol. The lowest BCUT2D eigenvalue weighted by molar-refractivity contribution is -0.121. The molecule has 0 bridgehead atoms. The molecule has 0 aliphatic carbocycles. The molecule has 0 heterocycles. The minimum atomic E-state index is 0.0740. The molecule has 3 heteroatoms. The van der Waals surface area contributed by atoms with Gasteiger partial charge in [0.25, 0.3) is 0 Å². The minimum Gasteiger partial charge on any atom is -0.350 e. The Hall–Kier alpha value is -1.35. The summed E-state index contributed by atoms with van der Waals surface area (Å²) in [6.45, 7) is 4.77. The fraction of sp³-hybridized carbons (Fsp3) is 0.462. The molecule has 2 N–H and O–H groups in total. The summed E-state index contributed by atoms with van der Waals surface area (Å²) in [5.74, 6) is 0.0856. The van der Waals surface area contributed by atoms with E-state index in [9.17, 15) is 4.79 Å². The standard InChI is InChI=1S/C13H20N2O/c1-10-4-6-12(7-5-10)11(2)15-13(16)8-9-14-3/h4-7,11,14H,8-9H2,1-3H3,(H,15,16)/t11-/m1/s1. The number of hydrogen-bond acceptors (Lipinski definition) is 2. The summed E-state index contributed by atoms with van der Waals surface area (Å²) in [5.41, 5.74) is 2.38. The Morgan fingerprint density at radius 2 is 1.94 bits per heavy atom. The number of nitrogens with one attached hydrogen (secondary N) is 2. The molecule has 1 amide bonds. The van der Waals surface area contributed by atoms with Crippen molar-refractivity contribution in [1.29, 1.82) is 0 Å². The van der Waals surface area contributed by atoms with E-state index in [2.05, 4.69) is 41.8 Å². The van der Waals surface area contributed by atoms with Crippen molar-refractivity contribution in [2.75, 3.05) is 13.6 Å². The number of carbonyl (C=O) groups is 1. The Bertz CT molecular complexity index is 332. The van der Waals surface area contributed by atoms with E-state index in [1.807, 2.05) is 14.0 Å². The number of aryl methyl sites for hydroxylation is 1. The summed E-state index contributed by atoms with van der Waals surface area (Å²) in [4.78, 5) is 11.5. The van der Waals surface area contributed by atoms with E-state index in [0.29, 0.717) is 13.0 Å². The zero-order valence-corrected chi connectivity index (χ0v) is 10.2. The molecule has 0 saturated carbocycles. The zero-order valence-electron chi connectivity index (χ0n) is 10.2. The van der Waals surface area contributed by atoms with Crippen molar-refractivity contribution >= 4 is 5.91 Å². The third-order valence-electron chi connectivity index (χ3n) is 2.56. The van der Waals surface area contributed by atoms with Crippen LogP contribution in [0, 0.1) is 6.92 Å². The van der Waals surface area contributed by atoms with E-state index in [1.165, 1.54) is 5.56 Å². The maximum atomic E-state index is 11.5. The first-order chi connectivity index (χ1) is 7.63. The van der Waals surface area contributed by atoms with Crippen molar-refractivity contribution in [2.24, 2.45) is 0 Å². The van der Waals surface area contributed by atoms with Gasteiger partial charge >= 0.3 is 0 Å². The van der Waals surface area contributed by atoms with Crippen LogP contribution >= 0.6 is 0 Å². The molecule has 16 heavy (non-hydrogen) atoms. The van der Waals surface area contributed by atoms with Gasteiger partial charge in [-0.25, -0.2) is 0 Å². The van der Waals surface area contributed by atoms with Crippen molar-refractivity contribution in [3.05, 3.63) is 35.4 Å². The lowest BCUT2D eigenvalue weighted by Crippen LogP contribution is -2.29. The second-order valence-electron chi connectivity index (χ2n) is 4.05. The van der Waals surface area contributed by atoms with Gasteiger partial charge in [-0.2, -0.15) is 0 Å². The third-order valence-corrected chi connectivity index (χ3v) is 2.56. The first-order valence-electron chi connectivity index (χ1n) is 5.64. The maximum Gasteiger partial charge on any atom is 0.221 e. The van der Waals surface area contributed by atoms with Crippen LogP contribution in [0.3, 0.4) is 0 Å². The van der Waals surface area contributed by atoms with Crippen molar-refractivity contribution < 1.29 is 4.79 Å². The Morgan fingerprint density at radius 1 is 1.31 bits per heavy atom. The molecular formula is C13H20N2O. The Balaban J connectivity index is 2.48. The normalized spacial score (nSPS) is 12.2. The highest BCUT2D eigenvalue weighted by Gasteiger charge is 2.08. The summed E-state index contributed by atoms with van der Waals surface area (Å²) in [6, 6.07) is 8.30. The van der Waals surface area contributed by atoms with Crippen LogP contribution in [-0.4, -0.2) is 19.5 Å². The number of carbonyl (C=O) groups excluding carboxylic acids is 1. The van der Waals surface area contributed by atoms with E-state index >= 15 is 0 Å². The summed E-state index contributed by atoms with van der Waals surface area (Å²) in [5, 5.41) is 5.93. The SMILES string of the molecule is CNCCC(=O)N[C@H](C)c1ccc(C)cc1. The van der Waals surface area contributed by atoms with Crippen LogP contribution in [0.25, 0.3) is 0 Å². The molecule has 0 saturated heterocycles. The lowest BCUT2D eigenvalue weighted by atomic mass is 10.1. The predicted octanol–water partition coefficient (Wildman–Crippen LogP) is 1.78. The van der Waals surface area contributed by atoms with Crippen LogP contribution in [0.4, 0.5) is 0 Å². The number of hydrogen-bond donors (Lipinski definition) is 2. The first kappa shape index (κ1) is 12.7. The quantitative estimate of drug-likeness (QED) is 0.794. The molecular weight excluding hydrogens is 200 g/mol. The van der Waals surface area contributed by atoms with Crippen LogP contribution in [0.2, 0.25) is 0 Å². The first-order valence-corrected chi connectivity index (χ1v) is 5.64. The Kier molecular flexibility index (Phi) is 4.99. The van der Waals surface area contributed by atoms with Crippen molar-refractivity contribution in [1.82, 2.24) is 10.6 Å². The molecule has 0 unspecified atom stereocenters. The highest BCUT2D eigenvalue weighted by Crippen LogP contribution is 2.12. The summed E-state index contributed by atoms with van der Waals surface area (Å²) >= 11 is 0. The molecule has 3 nitrogen and oxygen atoms in total. The summed E-state index contributed by atoms with van der Waals surface area (Å²) < 4.78 is 0. The molecule has 0 fully saturated rings. The van der Waals surface area contributed by atoms with E-state index in [1.54, 1.807) is 0 Å². The predicted molar refractivity (Wildman–Crippen MR) is 66.3 cm³/mol. The van der Waals surface area contributed by atoms with Crippen molar-refractivity contribution in [3.63, 3.8) is 0 Å². The van der Waals surface area contributed by atoms with Gasteiger partial charge in [-0.15, -0.1) is 0 Å². The molecule has 1 rings (SSSR count). The van der Waals surface area contributed by atoms with Gasteiger partial charge in [0.2, 0.25) is 5.91 Å². The lowest BCUT2D eigenvalue weighted by Gasteiger charge is -2.14. The van der Waals surface area contributed by atoms with Gasteiger partial charge in [0.15, 0.2) is 0 Å². The molecule has 1 aromatic rings. The van der Waals surface area contributed by atoms with Crippen LogP contribution < -0.4 is 10.6 Å². The Morgan fingerprint density at radius 3 is 2.50 bits per heavy atom. The van der Waals surface area contributed by atoms with Crippen molar-refractivity contribution in [3.8, 4) is 0 Å². The van der Waals surface area contributed by atoms with Gasteiger partial charge in [0.1, 0.15) is 0 Å². The van der Waals surface area contributed by atoms with E-state index in [4.69, 9.17) is 0 Å². The molecule has 1 aromatic carbocycles. The van der Waals surface area contributed by atoms with Gasteiger partial charge in [-0.05, 0) is 26.5 Å². The van der Waals surface area contributed by atoms with Gasteiger partial charge in [-0.1, -0.05) is 29.8 Å². The molecule has 0 spiro atoms. The number of rotatable bonds is 5. The van der Waals surface area contributed by atoms with E-state index in [-0.39, 0.29) is 11.9 Å². The van der Waals surface area contributed by atoms with Gasteiger partial charge in [0, 0.05) is 13.0 Å². The molecule has 0 aromatic heterocycles. The van der Waals surface area contributed by atoms with Crippen LogP contribution in [0.15, 0.2) is 24.3 Å². The second kappa shape index (κ2) is 6.28. The van der Waals surface area contributed by atoms with E-state index in [0.717, 1.165) is 5.56 Å².